The molecule has 0 saturated heterocycles. The Balaban J connectivity index is 1.78. The van der Waals surface area contributed by atoms with Crippen molar-refractivity contribution < 1.29 is 28.9 Å². The van der Waals surface area contributed by atoms with Crippen molar-refractivity contribution in [2.24, 2.45) is 0 Å². The largest absolute Gasteiger partial charge is 0.466 e. The number of pyridine rings is 2. The Morgan fingerprint density at radius 1 is 1.32 bits per heavy atom. The van der Waals surface area contributed by atoms with Gasteiger partial charge < -0.3 is 24.8 Å². The van der Waals surface area contributed by atoms with E-state index < -0.39 is 35.3 Å². The first-order valence-corrected chi connectivity index (χ1v) is 13.0. The van der Waals surface area contributed by atoms with Crippen molar-refractivity contribution >= 4 is 32.6 Å². The van der Waals surface area contributed by atoms with Crippen molar-refractivity contribution in [2.45, 2.75) is 71.4 Å². The van der Waals surface area contributed by atoms with E-state index in [4.69, 9.17) is 9.72 Å². The lowest BCUT2D eigenvalue weighted by atomic mass is 9.81. The fraction of sp³-hybridized carbons (Fsp3) is 0.407. The zero-order chi connectivity index (χ0) is 27.5. The van der Waals surface area contributed by atoms with Gasteiger partial charge in [-0.3, -0.25) is 14.4 Å². The van der Waals surface area contributed by atoms with Gasteiger partial charge in [-0.1, -0.05) is 6.92 Å². The summed E-state index contributed by atoms with van der Waals surface area (Å²) in [7, 11) is 2.75. The molecule has 1 amide bonds. The average Bonchev–Trinajstić information content (AvgIpc) is 3.24. The predicted molar refractivity (Wildman–Crippen MR) is 137 cm³/mol. The third-order valence-electron chi connectivity index (χ3n) is 7.56. The molecule has 197 valence electrons. The van der Waals surface area contributed by atoms with Crippen LogP contribution in [0.5, 0.6) is 0 Å². The molecule has 11 heteroatoms. The molecular formula is C27H27FN3O6Si. The molecule has 5 rings (SSSR count). The van der Waals surface area contributed by atoms with Crippen molar-refractivity contribution in [2.75, 3.05) is 0 Å². The van der Waals surface area contributed by atoms with Crippen LogP contribution >= 0.6 is 0 Å². The van der Waals surface area contributed by atoms with Gasteiger partial charge in [0.05, 0.1) is 41.2 Å². The van der Waals surface area contributed by atoms with Gasteiger partial charge in [-0.2, -0.15) is 0 Å². The molecular weight excluding hydrogens is 509 g/mol. The molecule has 3 radical (unpaired) electrons. The first-order valence-electron chi connectivity index (χ1n) is 12.5. The number of nitrogens with zero attached hydrogens (tertiary/aromatic N) is 2. The van der Waals surface area contributed by atoms with Crippen LogP contribution in [0.25, 0.3) is 22.3 Å². The Kier molecular flexibility index (Phi) is 6.70. The molecule has 3 heterocycles. The van der Waals surface area contributed by atoms with Crippen LogP contribution in [-0.2, 0) is 29.1 Å². The number of halogens is 1. The fourth-order valence-electron chi connectivity index (χ4n) is 5.60. The number of nitrogens with one attached hydrogen (secondary N) is 1. The molecule has 3 aromatic rings. The van der Waals surface area contributed by atoms with Crippen molar-refractivity contribution in [1.29, 1.82) is 0 Å². The summed E-state index contributed by atoms with van der Waals surface area (Å²) in [5.41, 5.74) is 3.41. The lowest BCUT2D eigenvalue weighted by Crippen LogP contribution is -2.37. The highest BCUT2D eigenvalue weighted by Gasteiger charge is 2.35. The Morgan fingerprint density at radius 2 is 2.05 bits per heavy atom. The minimum atomic E-state index is -1.21. The number of aliphatic hydroxyl groups is 2. The van der Waals surface area contributed by atoms with Gasteiger partial charge in [0.1, 0.15) is 18.5 Å². The van der Waals surface area contributed by atoms with E-state index in [1.165, 1.54) is 17.6 Å². The van der Waals surface area contributed by atoms with Crippen molar-refractivity contribution in [3.8, 4) is 11.4 Å². The summed E-state index contributed by atoms with van der Waals surface area (Å²) >= 11 is 0. The first-order chi connectivity index (χ1) is 18.0. The van der Waals surface area contributed by atoms with E-state index in [0.29, 0.717) is 52.9 Å². The van der Waals surface area contributed by atoms with Crippen LogP contribution < -0.4 is 10.9 Å². The maximum atomic E-state index is 14.9. The molecule has 2 aliphatic rings. The molecule has 9 nitrogen and oxygen atoms in total. The smallest absolute Gasteiger partial charge is 0.264 e. The maximum Gasteiger partial charge on any atom is 0.264 e. The highest BCUT2D eigenvalue weighted by Crippen LogP contribution is 2.45. The molecule has 3 N–H and O–H groups in total. The third-order valence-corrected chi connectivity index (χ3v) is 7.70. The Morgan fingerprint density at radius 3 is 2.71 bits per heavy atom. The van der Waals surface area contributed by atoms with Crippen molar-refractivity contribution in [3.63, 3.8) is 0 Å². The number of ether oxygens (including phenoxy) is 1. The molecule has 0 fully saturated rings. The van der Waals surface area contributed by atoms with Crippen LogP contribution in [-0.4, -0.2) is 47.6 Å². The van der Waals surface area contributed by atoms with Crippen LogP contribution in [0, 0.1) is 12.7 Å². The van der Waals surface area contributed by atoms with Crippen LogP contribution in [0.2, 0.25) is 0 Å². The number of carbonyl (C=O) groups excluding carboxylic acids is 2. The highest BCUT2D eigenvalue weighted by atomic mass is 28.1. The number of benzene rings is 1. The molecule has 2 aromatic heterocycles. The maximum absolute atomic E-state index is 14.9. The Bertz CT molecular complexity index is 1570. The quantitative estimate of drug-likeness (QED) is 0.323. The minimum absolute atomic E-state index is 0.135. The number of hydrogen-bond donors (Lipinski definition) is 3. The number of aliphatic hydroxyl groups excluding tert-OH is 2. The van der Waals surface area contributed by atoms with E-state index >= 15 is 0 Å². The van der Waals surface area contributed by atoms with E-state index in [-0.39, 0.29) is 24.5 Å². The summed E-state index contributed by atoms with van der Waals surface area (Å²) in [5, 5.41) is 24.2. The van der Waals surface area contributed by atoms with Gasteiger partial charge in [-0.25, -0.2) is 9.37 Å². The third kappa shape index (κ3) is 4.14. The lowest BCUT2D eigenvalue weighted by Gasteiger charge is -2.30. The van der Waals surface area contributed by atoms with Crippen molar-refractivity contribution in [1.82, 2.24) is 14.9 Å². The number of amides is 1. The zero-order valence-corrected chi connectivity index (χ0v) is 22.2. The summed E-state index contributed by atoms with van der Waals surface area (Å²) in [6.45, 7) is 4.67. The van der Waals surface area contributed by atoms with Gasteiger partial charge in [0.2, 0.25) is 5.91 Å². The van der Waals surface area contributed by atoms with Gasteiger partial charge in [0.15, 0.2) is 10.2 Å². The van der Waals surface area contributed by atoms with Gasteiger partial charge in [0.25, 0.3) is 11.2 Å². The number of rotatable bonds is 6. The molecule has 0 saturated carbocycles. The summed E-state index contributed by atoms with van der Waals surface area (Å²) in [6.07, 6.45) is -0.875. The summed E-state index contributed by atoms with van der Waals surface area (Å²) in [5.74, 6) is -0.919. The number of fused-ring (bicyclic) bond motifs is 4. The van der Waals surface area contributed by atoms with E-state index in [1.54, 1.807) is 19.9 Å². The van der Waals surface area contributed by atoms with Gasteiger partial charge >= 0.3 is 0 Å². The number of carbonyl (C=O) groups is 2. The molecule has 1 aliphatic carbocycles. The summed E-state index contributed by atoms with van der Waals surface area (Å²) in [6, 6.07) is 2.55. The second-order valence-electron chi connectivity index (χ2n) is 9.84. The van der Waals surface area contributed by atoms with Gasteiger partial charge in [-0.05, 0) is 61.4 Å². The monoisotopic (exact) mass is 536 g/mol. The molecule has 0 bridgehead atoms. The summed E-state index contributed by atoms with van der Waals surface area (Å²) in [4.78, 5) is 42.4. The average molecular weight is 537 g/mol. The number of aromatic nitrogens is 2. The normalized spacial score (nSPS) is 17.1. The fourth-order valence-corrected chi connectivity index (χ4v) is 5.67. The standard InChI is InChI=1S/C27H27FN3O6Si/c1-4-21(33)14-7-20-24-15(9-31(20)26(35)16(14)10-37-27(36)38)23-18(30-25(34)12(3)32)6-5-13-11(2)17(28)8-19(29-24)22(13)23/h7-8,12,18,21,32-33H,4-6,9-10H2,1-3H3,(H,30,34)/t12-,18+,21-/m0/s1. The van der Waals surface area contributed by atoms with Crippen molar-refractivity contribution in [3.05, 3.63) is 61.7 Å². The number of aryl methyl sites for hydroxylation is 1. The molecule has 1 aliphatic heterocycles. The molecule has 38 heavy (non-hydrogen) atoms. The van der Waals surface area contributed by atoms with E-state index in [2.05, 4.69) is 15.6 Å². The molecule has 0 unspecified atom stereocenters. The molecule has 1 aromatic carbocycles. The van der Waals surface area contributed by atoms with E-state index in [9.17, 15) is 29.0 Å². The van der Waals surface area contributed by atoms with Crippen LogP contribution in [0.4, 0.5) is 9.18 Å². The summed E-state index contributed by atoms with van der Waals surface area (Å²) < 4.78 is 21.5. The minimum Gasteiger partial charge on any atom is -0.466 e. The molecule has 0 spiro atoms. The molecule has 3 atom stereocenters. The highest BCUT2D eigenvalue weighted by molar-refractivity contribution is 6.55. The van der Waals surface area contributed by atoms with Crippen LogP contribution in [0.15, 0.2) is 16.9 Å². The second kappa shape index (κ2) is 9.72. The lowest BCUT2D eigenvalue weighted by molar-refractivity contribution is -0.129. The second-order valence-corrected chi connectivity index (χ2v) is 10.2. The Hall–Kier alpha value is -3.41. The van der Waals surface area contributed by atoms with E-state index in [1.807, 2.05) is 0 Å². The zero-order valence-electron chi connectivity index (χ0n) is 21.2. The van der Waals surface area contributed by atoms with E-state index in [0.717, 1.165) is 16.5 Å². The Labute approximate surface area is 221 Å². The van der Waals surface area contributed by atoms with Crippen LogP contribution in [0.3, 0.4) is 0 Å². The van der Waals surface area contributed by atoms with Crippen LogP contribution in [0.1, 0.15) is 72.2 Å². The SMILES string of the molecule is CC[C@H](O)c1cc2n(c(=O)c1COC(=O)[Si])Cc1c-2nc2cc(F)c(C)c3c2c1[C@H](NC(=O)[C@H](C)O)CC3. The first kappa shape index (κ1) is 26.2. The number of hydrogen-bond acceptors (Lipinski definition) is 7. The van der Waals surface area contributed by atoms with Gasteiger partial charge in [0, 0.05) is 17.0 Å². The van der Waals surface area contributed by atoms with Gasteiger partial charge in [-0.15, -0.1) is 0 Å². The topological polar surface area (TPSA) is 131 Å². The predicted octanol–water partition coefficient (Wildman–Crippen LogP) is 2.61.